The molecule has 0 aromatic heterocycles. The fraction of sp³-hybridized carbons (Fsp3) is 0.100. The summed E-state index contributed by atoms with van der Waals surface area (Å²) in [4.78, 5) is 2.26. The molecular formula is C10H12N2O2S. The summed E-state index contributed by atoms with van der Waals surface area (Å²) in [5.41, 5.74) is 1.00. The summed E-state index contributed by atoms with van der Waals surface area (Å²) in [7, 11) is -3.54. The zero-order chi connectivity index (χ0) is 11.3. The van der Waals surface area contributed by atoms with Gasteiger partial charge in [-0.05, 0) is 25.1 Å². The van der Waals surface area contributed by atoms with Crippen molar-refractivity contribution in [2.45, 2.75) is 11.8 Å². The molecule has 1 N–H and O–H groups in total. The van der Waals surface area contributed by atoms with Crippen LogP contribution in [0.25, 0.3) is 0 Å². The average molecular weight is 224 g/mol. The number of nitrogens with zero attached hydrogens (tertiary/aromatic N) is 1. The number of allylic oxidation sites excluding steroid dienone is 1. The second-order valence-corrected chi connectivity index (χ2v) is 4.58. The normalized spacial score (nSPS) is 11.5. The molecule has 0 radical (unpaired) electrons. The third-order valence-corrected chi connectivity index (χ3v) is 2.92. The second kappa shape index (κ2) is 4.75. The molecule has 0 aliphatic carbocycles. The van der Waals surface area contributed by atoms with Gasteiger partial charge in [0.05, 0.1) is 4.90 Å². The van der Waals surface area contributed by atoms with Gasteiger partial charge < -0.3 is 0 Å². The van der Waals surface area contributed by atoms with Crippen LogP contribution in [0.2, 0.25) is 0 Å². The Kier molecular flexibility index (Phi) is 3.62. The lowest BCUT2D eigenvalue weighted by Crippen LogP contribution is -2.17. The maximum Gasteiger partial charge on any atom is 0.276 e. The predicted molar refractivity (Wildman–Crippen MR) is 60.2 cm³/mol. The van der Waals surface area contributed by atoms with Crippen LogP contribution in [0.15, 0.2) is 46.9 Å². The molecule has 0 heterocycles. The monoisotopic (exact) mass is 224 g/mol. The van der Waals surface area contributed by atoms with E-state index in [0.29, 0.717) is 0 Å². The molecule has 0 saturated heterocycles. The Bertz CT molecular complexity index is 461. The summed E-state index contributed by atoms with van der Waals surface area (Å²) in [6.07, 6.45) is 2.66. The average Bonchev–Trinajstić information content (AvgIpc) is 2.18. The van der Waals surface area contributed by atoms with E-state index in [4.69, 9.17) is 0 Å². The molecular weight excluding hydrogens is 212 g/mol. The van der Waals surface area contributed by atoms with Gasteiger partial charge in [-0.1, -0.05) is 24.3 Å². The maximum atomic E-state index is 11.6. The minimum Gasteiger partial charge on any atom is -0.200 e. The van der Waals surface area contributed by atoms with Crippen molar-refractivity contribution in [1.82, 2.24) is 4.83 Å². The van der Waals surface area contributed by atoms with Gasteiger partial charge >= 0.3 is 0 Å². The smallest absolute Gasteiger partial charge is 0.200 e. The predicted octanol–water partition coefficient (Wildman–Crippen LogP) is 1.45. The number of hydrogen-bond acceptors (Lipinski definition) is 3. The van der Waals surface area contributed by atoms with Gasteiger partial charge in [-0.15, -0.1) is 0 Å². The number of rotatable bonds is 4. The number of hydrogen-bond donors (Lipinski definition) is 1. The van der Waals surface area contributed by atoms with Crippen LogP contribution in [-0.4, -0.2) is 14.6 Å². The molecule has 0 bridgehead atoms. The number of hydrazone groups is 1. The summed E-state index contributed by atoms with van der Waals surface area (Å²) in [5, 5.41) is 3.48. The van der Waals surface area contributed by atoms with Gasteiger partial charge in [0.2, 0.25) is 0 Å². The van der Waals surface area contributed by atoms with Crippen molar-refractivity contribution in [2.75, 3.05) is 0 Å². The molecule has 4 nitrogen and oxygen atoms in total. The van der Waals surface area contributed by atoms with E-state index in [0.717, 1.165) is 5.56 Å². The molecule has 1 rings (SSSR count). The van der Waals surface area contributed by atoms with Crippen LogP contribution in [-0.2, 0) is 10.0 Å². The van der Waals surface area contributed by atoms with Crippen LogP contribution in [0.5, 0.6) is 0 Å². The van der Waals surface area contributed by atoms with E-state index in [2.05, 4.69) is 16.5 Å². The van der Waals surface area contributed by atoms with Crippen molar-refractivity contribution >= 4 is 16.2 Å². The Balaban J connectivity index is 2.91. The molecule has 80 valence electrons. The van der Waals surface area contributed by atoms with Gasteiger partial charge in [-0.25, -0.2) is 4.83 Å². The molecule has 0 amide bonds. The first-order valence-electron chi connectivity index (χ1n) is 4.29. The van der Waals surface area contributed by atoms with E-state index in [1.165, 1.54) is 24.4 Å². The SMILES string of the molecule is C=C/C=N/NS(=O)(=O)c1ccc(C)cc1. The Morgan fingerprint density at radius 2 is 1.93 bits per heavy atom. The molecule has 1 aromatic carbocycles. The molecule has 5 heteroatoms. The minimum atomic E-state index is -3.54. The summed E-state index contributed by atoms with van der Waals surface area (Å²) in [6.45, 7) is 5.27. The molecule has 0 unspecified atom stereocenters. The molecule has 0 saturated carbocycles. The first-order valence-corrected chi connectivity index (χ1v) is 5.77. The van der Waals surface area contributed by atoms with Crippen LogP contribution in [0, 0.1) is 6.92 Å². The van der Waals surface area contributed by atoms with E-state index in [1.54, 1.807) is 12.1 Å². The Hall–Kier alpha value is -1.62. The van der Waals surface area contributed by atoms with Gasteiger partial charge in [-0.2, -0.15) is 13.5 Å². The van der Waals surface area contributed by atoms with Crippen LogP contribution in [0.3, 0.4) is 0 Å². The van der Waals surface area contributed by atoms with Crippen molar-refractivity contribution in [3.05, 3.63) is 42.5 Å². The molecule has 0 spiro atoms. The van der Waals surface area contributed by atoms with Crippen LogP contribution < -0.4 is 4.83 Å². The van der Waals surface area contributed by atoms with Gasteiger partial charge in [0.15, 0.2) is 0 Å². The quantitative estimate of drug-likeness (QED) is 0.621. The highest BCUT2D eigenvalue weighted by Crippen LogP contribution is 2.09. The summed E-state index contributed by atoms with van der Waals surface area (Å²) in [5.74, 6) is 0. The van der Waals surface area contributed by atoms with Gasteiger partial charge in [0.25, 0.3) is 10.0 Å². The fourth-order valence-corrected chi connectivity index (χ4v) is 1.72. The molecule has 15 heavy (non-hydrogen) atoms. The summed E-state index contributed by atoms with van der Waals surface area (Å²) in [6, 6.07) is 6.51. The van der Waals surface area contributed by atoms with Crippen LogP contribution in [0.1, 0.15) is 5.56 Å². The van der Waals surface area contributed by atoms with Gasteiger partial charge in [0, 0.05) is 6.21 Å². The second-order valence-electron chi connectivity index (χ2n) is 2.92. The van der Waals surface area contributed by atoms with E-state index < -0.39 is 10.0 Å². The molecule has 0 atom stereocenters. The minimum absolute atomic E-state index is 0.189. The van der Waals surface area contributed by atoms with E-state index in [-0.39, 0.29) is 4.90 Å². The van der Waals surface area contributed by atoms with Crippen molar-refractivity contribution in [3.8, 4) is 0 Å². The zero-order valence-electron chi connectivity index (χ0n) is 8.34. The fourth-order valence-electron chi connectivity index (χ4n) is 0.923. The first kappa shape index (κ1) is 11.5. The Morgan fingerprint density at radius 3 is 2.47 bits per heavy atom. The van der Waals surface area contributed by atoms with Crippen molar-refractivity contribution in [2.24, 2.45) is 5.10 Å². The number of nitrogens with one attached hydrogen (secondary N) is 1. The third kappa shape index (κ3) is 3.21. The van der Waals surface area contributed by atoms with Crippen LogP contribution in [0.4, 0.5) is 0 Å². The standard InChI is InChI=1S/C10H12N2O2S/c1-3-8-11-12-15(13,14)10-6-4-9(2)5-7-10/h3-8,12H,1H2,2H3/b11-8+. The largest absolute Gasteiger partial charge is 0.276 e. The highest BCUT2D eigenvalue weighted by molar-refractivity contribution is 7.89. The van der Waals surface area contributed by atoms with Gasteiger partial charge in [-0.3, -0.25) is 0 Å². The molecule has 1 aromatic rings. The van der Waals surface area contributed by atoms with E-state index >= 15 is 0 Å². The zero-order valence-corrected chi connectivity index (χ0v) is 9.16. The Labute approximate surface area is 89.4 Å². The highest BCUT2D eigenvalue weighted by Gasteiger charge is 2.11. The third-order valence-electron chi connectivity index (χ3n) is 1.68. The lowest BCUT2D eigenvalue weighted by atomic mass is 10.2. The van der Waals surface area contributed by atoms with Crippen molar-refractivity contribution in [3.63, 3.8) is 0 Å². The molecule has 0 aliphatic rings. The van der Waals surface area contributed by atoms with Crippen molar-refractivity contribution in [1.29, 1.82) is 0 Å². The van der Waals surface area contributed by atoms with Crippen molar-refractivity contribution < 1.29 is 8.42 Å². The van der Waals surface area contributed by atoms with Crippen LogP contribution >= 0.6 is 0 Å². The first-order chi connectivity index (χ1) is 7.06. The number of benzene rings is 1. The Morgan fingerprint density at radius 1 is 1.33 bits per heavy atom. The maximum absolute atomic E-state index is 11.6. The number of sulfonamides is 1. The molecule has 0 aliphatic heterocycles. The number of aryl methyl sites for hydroxylation is 1. The van der Waals surface area contributed by atoms with E-state index in [9.17, 15) is 8.42 Å². The lowest BCUT2D eigenvalue weighted by molar-refractivity contribution is 0.584. The summed E-state index contributed by atoms with van der Waals surface area (Å²) < 4.78 is 23.1. The van der Waals surface area contributed by atoms with E-state index in [1.807, 2.05) is 6.92 Å². The summed E-state index contributed by atoms with van der Waals surface area (Å²) >= 11 is 0. The van der Waals surface area contributed by atoms with Gasteiger partial charge in [0.1, 0.15) is 0 Å². The molecule has 0 fully saturated rings. The lowest BCUT2D eigenvalue weighted by Gasteiger charge is -2.02. The highest BCUT2D eigenvalue weighted by atomic mass is 32.2. The topological polar surface area (TPSA) is 58.5 Å².